The summed E-state index contributed by atoms with van der Waals surface area (Å²) in [7, 11) is 0. The predicted octanol–water partition coefficient (Wildman–Crippen LogP) is -0.120. The van der Waals surface area contributed by atoms with E-state index in [0.29, 0.717) is 26.3 Å². The first-order valence-corrected chi connectivity index (χ1v) is 5.02. The molecule has 7 heteroatoms. The first kappa shape index (κ1) is 11.5. The van der Waals surface area contributed by atoms with Gasteiger partial charge in [0.05, 0.1) is 13.2 Å². The number of anilines is 1. The number of hydrogen-bond donors (Lipinski definition) is 2. The summed E-state index contributed by atoms with van der Waals surface area (Å²) in [5.74, 6) is -2.53. The molecule has 1 aliphatic rings. The number of nitrogens with zero attached hydrogens (tertiary/aromatic N) is 1. The molecule has 0 saturated carbocycles. The van der Waals surface area contributed by atoms with Gasteiger partial charge in [-0.1, -0.05) is 0 Å². The zero-order valence-corrected chi connectivity index (χ0v) is 8.88. The third-order valence-corrected chi connectivity index (χ3v) is 2.41. The molecule has 0 radical (unpaired) electrons. The quantitative estimate of drug-likeness (QED) is 0.744. The maximum atomic E-state index is 11.4. The highest BCUT2D eigenvalue weighted by Crippen LogP contribution is 2.25. The van der Waals surface area contributed by atoms with Gasteiger partial charge in [-0.05, 0) is 0 Å². The van der Waals surface area contributed by atoms with Crippen LogP contribution in [-0.4, -0.2) is 42.5 Å². The van der Waals surface area contributed by atoms with Crippen molar-refractivity contribution in [3.8, 4) is 5.75 Å². The second-order valence-electron chi connectivity index (χ2n) is 3.53. The molecular formula is C10H11NO6. The van der Waals surface area contributed by atoms with Gasteiger partial charge in [0, 0.05) is 19.2 Å². The van der Waals surface area contributed by atoms with Crippen LogP contribution in [-0.2, 0) is 4.74 Å². The van der Waals surface area contributed by atoms with Crippen LogP contribution in [0, 0.1) is 0 Å². The van der Waals surface area contributed by atoms with E-state index in [1.807, 2.05) is 0 Å². The molecule has 1 fully saturated rings. The number of carboxylic acids is 1. The first-order valence-electron chi connectivity index (χ1n) is 5.02. The Morgan fingerprint density at radius 1 is 1.35 bits per heavy atom. The molecule has 0 spiro atoms. The Morgan fingerprint density at radius 2 is 2.00 bits per heavy atom. The van der Waals surface area contributed by atoms with Crippen molar-refractivity contribution in [2.45, 2.75) is 0 Å². The summed E-state index contributed by atoms with van der Waals surface area (Å²) in [4.78, 5) is 23.7. The molecule has 1 aliphatic heterocycles. The lowest BCUT2D eigenvalue weighted by atomic mass is 10.3. The van der Waals surface area contributed by atoms with Gasteiger partial charge < -0.3 is 24.3 Å². The van der Waals surface area contributed by atoms with Gasteiger partial charge in [0.15, 0.2) is 0 Å². The predicted molar refractivity (Wildman–Crippen MR) is 56.6 cm³/mol. The minimum atomic E-state index is -1.35. The summed E-state index contributed by atoms with van der Waals surface area (Å²) in [5, 5.41) is 18.3. The van der Waals surface area contributed by atoms with Gasteiger partial charge in [0.25, 0.3) is 0 Å². The number of carboxylic acid groups (broad SMARTS) is 1. The Bertz CT molecular complexity index is 488. The molecule has 2 rings (SSSR count). The van der Waals surface area contributed by atoms with Crippen molar-refractivity contribution in [2.24, 2.45) is 0 Å². The fourth-order valence-corrected chi connectivity index (χ4v) is 1.56. The van der Waals surface area contributed by atoms with Crippen molar-refractivity contribution in [1.29, 1.82) is 0 Å². The minimum Gasteiger partial charge on any atom is -0.500 e. The van der Waals surface area contributed by atoms with E-state index in [9.17, 15) is 14.7 Å². The smallest absolute Gasteiger partial charge is 0.372 e. The van der Waals surface area contributed by atoms with Crippen LogP contribution < -0.4 is 10.3 Å². The van der Waals surface area contributed by atoms with E-state index in [1.54, 1.807) is 4.90 Å². The Labute approximate surface area is 95.8 Å². The topological polar surface area (TPSA) is 100 Å². The van der Waals surface area contributed by atoms with Gasteiger partial charge in [-0.3, -0.25) is 4.79 Å². The summed E-state index contributed by atoms with van der Waals surface area (Å²) in [6, 6.07) is 0.752. The monoisotopic (exact) mass is 241 g/mol. The van der Waals surface area contributed by atoms with Crippen molar-refractivity contribution in [1.82, 2.24) is 0 Å². The number of carbonyl (C=O) groups is 1. The van der Waals surface area contributed by atoms with E-state index in [1.165, 1.54) is 0 Å². The minimum absolute atomic E-state index is 0.113. The van der Waals surface area contributed by atoms with Gasteiger partial charge in [0.1, 0.15) is 0 Å². The van der Waals surface area contributed by atoms with E-state index >= 15 is 0 Å². The van der Waals surface area contributed by atoms with Gasteiger partial charge in [0.2, 0.25) is 22.8 Å². The highest BCUT2D eigenvalue weighted by atomic mass is 16.5. The molecule has 7 nitrogen and oxygen atoms in total. The van der Waals surface area contributed by atoms with Crippen molar-refractivity contribution >= 4 is 11.9 Å². The molecule has 0 aromatic carbocycles. The van der Waals surface area contributed by atoms with Crippen molar-refractivity contribution in [3.05, 3.63) is 22.0 Å². The van der Waals surface area contributed by atoms with Gasteiger partial charge in [-0.15, -0.1) is 0 Å². The average Bonchev–Trinajstić information content (AvgIpc) is 2.33. The van der Waals surface area contributed by atoms with E-state index < -0.39 is 22.9 Å². The van der Waals surface area contributed by atoms with Crippen LogP contribution in [0.5, 0.6) is 5.75 Å². The molecule has 1 aromatic rings. The Balaban J connectivity index is 2.44. The number of ether oxygens (including phenoxy) is 1. The Kier molecular flexibility index (Phi) is 3.01. The largest absolute Gasteiger partial charge is 0.500 e. The zero-order chi connectivity index (χ0) is 12.4. The average molecular weight is 241 g/mol. The van der Waals surface area contributed by atoms with Crippen LogP contribution in [0.25, 0.3) is 0 Å². The molecular weight excluding hydrogens is 230 g/mol. The molecule has 0 unspecified atom stereocenters. The second-order valence-corrected chi connectivity index (χ2v) is 3.53. The molecule has 2 N–H and O–H groups in total. The lowest BCUT2D eigenvalue weighted by Gasteiger charge is -2.27. The summed E-state index contributed by atoms with van der Waals surface area (Å²) < 4.78 is 10.1. The lowest BCUT2D eigenvalue weighted by molar-refractivity contribution is 0.0658. The van der Waals surface area contributed by atoms with Crippen LogP contribution >= 0.6 is 0 Å². The zero-order valence-electron chi connectivity index (χ0n) is 8.88. The molecule has 1 saturated heterocycles. The first-order chi connectivity index (χ1) is 8.09. The summed E-state index contributed by atoms with van der Waals surface area (Å²) >= 11 is 0. The normalized spacial score (nSPS) is 15.9. The molecule has 17 heavy (non-hydrogen) atoms. The van der Waals surface area contributed by atoms with E-state index in [0.717, 1.165) is 6.07 Å². The molecule has 0 atom stereocenters. The second kappa shape index (κ2) is 4.46. The number of aromatic carboxylic acids is 1. The third-order valence-electron chi connectivity index (χ3n) is 2.41. The summed E-state index contributed by atoms with van der Waals surface area (Å²) in [6.07, 6.45) is 0. The highest BCUT2D eigenvalue weighted by molar-refractivity contribution is 5.84. The van der Waals surface area contributed by atoms with Crippen LogP contribution in [0.3, 0.4) is 0 Å². The van der Waals surface area contributed by atoms with Crippen molar-refractivity contribution in [3.63, 3.8) is 0 Å². The van der Waals surface area contributed by atoms with E-state index in [4.69, 9.17) is 14.3 Å². The fourth-order valence-electron chi connectivity index (χ4n) is 1.56. The molecule has 0 bridgehead atoms. The van der Waals surface area contributed by atoms with Crippen LogP contribution in [0.15, 0.2) is 15.3 Å². The molecule has 0 aliphatic carbocycles. The summed E-state index contributed by atoms with van der Waals surface area (Å²) in [6.45, 7) is 1.72. The molecule has 1 aromatic heterocycles. The molecule has 0 amide bonds. The Morgan fingerprint density at radius 3 is 2.59 bits per heavy atom. The van der Waals surface area contributed by atoms with E-state index in [-0.39, 0.29) is 5.88 Å². The van der Waals surface area contributed by atoms with Gasteiger partial charge in [-0.25, -0.2) is 4.79 Å². The standard InChI is InChI=1S/C10H11NO6/c12-6-5-7(10(14)15)17-9(8(6)13)11-1-3-16-4-2-11/h5,13H,1-4H2,(H,14,15). The van der Waals surface area contributed by atoms with Gasteiger partial charge in [-0.2, -0.15) is 0 Å². The molecule has 2 heterocycles. The van der Waals surface area contributed by atoms with E-state index in [2.05, 4.69) is 0 Å². The maximum absolute atomic E-state index is 11.4. The van der Waals surface area contributed by atoms with Crippen LogP contribution in [0.1, 0.15) is 10.6 Å². The molecule has 92 valence electrons. The van der Waals surface area contributed by atoms with Crippen LogP contribution in [0.4, 0.5) is 5.88 Å². The number of aromatic hydroxyl groups is 1. The lowest BCUT2D eigenvalue weighted by Crippen LogP contribution is -2.36. The highest BCUT2D eigenvalue weighted by Gasteiger charge is 2.22. The Hall–Kier alpha value is -2.02. The van der Waals surface area contributed by atoms with Crippen molar-refractivity contribution < 1.29 is 24.2 Å². The number of hydrogen-bond acceptors (Lipinski definition) is 6. The number of rotatable bonds is 2. The van der Waals surface area contributed by atoms with Gasteiger partial charge >= 0.3 is 5.97 Å². The van der Waals surface area contributed by atoms with Crippen molar-refractivity contribution in [2.75, 3.05) is 31.2 Å². The fraction of sp³-hybridized carbons (Fsp3) is 0.400. The third kappa shape index (κ3) is 2.23. The maximum Gasteiger partial charge on any atom is 0.372 e. The number of morpholine rings is 1. The SMILES string of the molecule is O=C(O)c1cc(=O)c(O)c(N2CCOCC2)o1. The summed E-state index contributed by atoms with van der Waals surface area (Å²) in [5.41, 5.74) is -0.768. The van der Waals surface area contributed by atoms with Crippen LogP contribution in [0.2, 0.25) is 0 Å².